The molecule has 0 aromatic carbocycles. The van der Waals surface area contributed by atoms with Crippen LogP contribution in [0.4, 0.5) is 0 Å². The van der Waals surface area contributed by atoms with Crippen LogP contribution in [0.2, 0.25) is 0 Å². The Morgan fingerprint density at radius 2 is 1.94 bits per heavy atom. The van der Waals surface area contributed by atoms with Crippen molar-refractivity contribution >= 4 is 0 Å². The normalized spacial score (nSPS) is 14.4. The zero-order valence-electron chi connectivity index (χ0n) is 11.6. The van der Waals surface area contributed by atoms with E-state index < -0.39 is 0 Å². The van der Waals surface area contributed by atoms with E-state index in [-0.39, 0.29) is 12.2 Å². The highest BCUT2D eigenvalue weighted by Gasteiger charge is 2.13. The van der Waals surface area contributed by atoms with Crippen LogP contribution in [0.1, 0.15) is 57.6 Å². The van der Waals surface area contributed by atoms with Gasteiger partial charge in [0.25, 0.3) is 0 Å². The Morgan fingerprint density at radius 1 is 1.22 bits per heavy atom. The number of unbranched alkanes of at least 4 members (excludes halogenated alkanes) is 3. The summed E-state index contributed by atoms with van der Waals surface area (Å²) in [5.41, 5.74) is 6.90. The zero-order valence-corrected chi connectivity index (χ0v) is 11.6. The fourth-order valence-electron chi connectivity index (χ4n) is 2.06. The highest BCUT2D eigenvalue weighted by atomic mass is 16.5. The summed E-state index contributed by atoms with van der Waals surface area (Å²) in [4.78, 5) is 4.01. The third kappa shape index (κ3) is 5.61. The van der Waals surface area contributed by atoms with E-state index in [9.17, 15) is 0 Å². The molecule has 1 rings (SSSR count). The zero-order chi connectivity index (χ0) is 13.2. The lowest BCUT2D eigenvalue weighted by Gasteiger charge is -2.21. The summed E-state index contributed by atoms with van der Waals surface area (Å²) < 4.78 is 6.01. The Kier molecular flexibility index (Phi) is 7.62. The van der Waals surface area contributed by atoms with Crippen LogP contribution in [0.5, 0.6) is 0 Å². The van der Waals surface area contributed by atoms with Crippen molar-refractivity contribution < 1.29 is 4.74 Å². The van der Waals surface area contributed by atoms with Gasteiger partial charge in [-0.1, -0.05) is 32.6 Å². The summed E-state index contributed by atoms with van der Waals surface area (Å²) in [5.74, 6) is 0. The van der Waals surface area contributed by atoms with Gasteiger partial charge in [0.15, 0.2) is 0 Å². The molecule has 0 saturated heterocycles. The molecule has 1 aromatic heterocycles. The van der Waals surface area contributed by atoms with Gasteiger partial charge in [-0.25, -0.2) is 0 Å². The highest BCUT2D eigenvalue weighted by molar-refractivity contribution is 5.13. The van der Waals surface area contributed by atoms with Crippen LogP contribution in [0.3, 0.4) is 0 Å². The summed E-state index contributed by atoms with van der Waals surface area (Å²) in [5, 5.41) is 0. The second-order valence-electron chi connectivity index (χ2n) is 4.80. The second-order valence-corrected chi connectivity index (χ2v) is 4.80. The Bertz CT molecular complexity index is 303. The Labute approximate surface area is 111 Å². The molecule has 3 heteroatoms. The van der Waals surface area contributed by atoms with Crippen LogP contribution in [0.25, 0.3) is 0 Å². The minimum absolute atomic E-state index is 0.00539. The van der Waals surface area contributed by atoms with Gasteiger partial charge in [0.2, 0.25) is 0 Å². The number of hydrogen-bond donors (Lipinski definition) is 1. The van der Waals surface area contributed by atoms with E-state index in [4.69, 9.17) is 10.5 Å². The van der Waals surface area contributed by atoms with Crippen LogP contribution in [0.15, 0.2) is 24.5 Å². The van der Waals surface area contributed by atoms with E-state index in [1.807, 2.05) is 12.1 Å². The molecule has 3 nitrogen and oxygen atoms in total. The molecule has 0 fully saturated rings. The largest absolute Gasteiger partial charge is 0.369 e. The second kappa shape index (κ2) is 9.06. The minimum atomic E-state index is -0.00539. The van der Waals surface area contributed by atoms with Crippen molar-refractivity contribution in [2.24, 2.45) is 5.73 Å². The molecule has 0 aliphatic heterocycles. The van der Waals surface area contributed by atoms with Crippen LogP contribution in [-0.2, 0) is 4.74 Å². The number of ether oxygens (including phenoxy) is 1. The molecule has 0 saturated carbocycles. The Balaban J connectivity index is 2.34. The van der Waals surface area contributed by atoms with Crippen molar-refractivity contribution in [2.45, 2.75) is 58.2 Å². The van der Waals surface area contributed by atoms with E-state index in [0.717, 1.165) is 12.0 Å². The SMILES string of the molecule is CCCCCCC(C)OC(CN)c1ccncc1. The van der Waals surface area contributed by atoms with Crippen molar-refractivity contribution in [1.82, 2.24) is 4.98 Å². The molecule has 0 aliphatic carbocycles. The number of aromatic nitrogens is 1. The maximum Gasteiger partial charge on any atom is 0.0951 e. The monoisotopic (exact) mass is 250 g/mol. The predicted molar refractivity (Wildman–Crippen MR) is 75.3 cm³/mol. The maximum atomic E-state index is 6.01. The third-order valence-corrected chi connectivity index (χ3v) is 3.15. The van der Waals surface area contributed by atoms with Gasteiger partial charge in [-0.05, 0) is 31.0 Å². The van der Waals surface area contributed by atoms with E-state index in [1.165, 1.54) is 25.7 Å². The number of nitrogens with two attached hydrogens (primary N) is 1. The molecular weight excluding hydrogens is 224 g/mol. The number of pyridine rings is 1. The van der Waals surface area contributed by atoms with Crippen molar-refractivity contribution in [3.8, 4) is 0 Å². The molecule has 2 unspecified atom stereocenters. The van der Waals surface area contributed by atoms with Gasteiger partial charge in [-0.15, -0.1) is 0 Å². The lowest BCUT2D eigenvalue weighted by atomic mass is 10.1. The van der Waals surface area contributed by atoms with E-state index in [2.05, 4.69) is 18.8 Å². The smallest absolute Gasteiger partial charge is 0.0951 e. The van der Waals surface area contributed by atoms with E-state index in [1.54, 1.807) is 12.4 Å². The van der Waals surface area contributed by atoms with Crippen molar-refractivity contribution in [3.05, 3.63) is 30.1 Å². The van der Waals surface area contributed by atoms with Crippen molar-refractivity contribution in [1.29, 1.82) is 0 Å². The van der Waals surface area contributed by atoms with Gasteiger partial charge in [-0.3, -0.25) is 4.98 Å². The van der Waals surface area contributed by atoms with E-state index >= 15 is 0 Å². The first kappa shape index (κ1) is 15.1. The van der Waals surface area contributed by atoms with Crippen LogP contribution in [0, 0.1) is 0 Å². The molecule has 2 N–H and O–H groups in total. The lowest BCUT2D eigenvalue weighted by Crippen LogP contribution is -2.21. The molecule has 102 valence electrons. The molecule has 0 amide bonds. The first-order valence-electron chi connectivity index (χ1n) is 7.03. The molecule has 2 atom stereocenters. The summed E-state index contributed by atoms with van der Waals surface area (Å²) in [6.45, 7) is 4.88. The van der Waals surface area contributed by atoms with Crippen molar-refractivity contribution in [2.75, 3.05) is 6.54 Å². The van der Waals surface area contributed by atoms with Gasteiger partial charge >= 0.3 is 0 Å². The number of rotatable bonds is 9. The van der Waals surface area contributed by atoms with Gasteiger partial charge in [0.1, 0.15) is 0 Å². The molecule has 0 spiro atoms. The third-order valence-electron chi connectivity index (χ3n) is 3.15. The van der Waals surface area contributed by atoms with Gasteiger partial charge < -0.3 is 10.5 Å². The number of hydrogen-bond acceptors (Lipinski definition) is 3. The summed E-state index contributed by atoms with van der Waals surface area (Å²) in [6, 6.07) is 3.95. The van der Waals surface area contributed by atoms with Crippen LogP contribution < -0.4 is 5.73 Å². The molecule has 0 bridgehead atoms. The maximum absolute atomic E-state index is 6.01. The van der Waals surface area contributed by atoms with Gasteiger partial charge in [0, 0.05) is 18.9 Å². The standard InChI is InChI=1S/C15H26N2O/c1-3-4-5-6-7-13(2)18-15(12-16)14-8-10-17-11-9-14/h8-11,13,15H,3-7,12,16H2,1-2H3. The molecular formula is C15H26N2O. The molecule has 1 heterocycles. The van der Waals surface area contributed by atoms with Crippen molar-refractivity contribution in [3.63, 3.8) is 0 Å². The first-order valence-corrected chi connectivity index (χ1v) is 7.03. The Morgan fingerprint density at radius 3 is 2.56 bits per heavy atom. The summed E-state index contributed by atoms with van der Waals surface area (Å²) >= 11 is 0. The van der Waals surface area contributed by atoms with Crippen LogP contribution in [-0.4, -0.2) is 17.6 Å². The Hall–Kier alpha value is -0.930. The number of nitrogens with zero attached hydrogens (tertiary/aromatic N) is 1. The van der Waals surface area contributed by atoms with E-state index in [0.29, 0.717) is 6.54 Å². The van der Waals surface area contributed by atoms with Crippen LogP contribution >= 0.6 is 0 Å². The fourth-order valence-corrected chi connectivity index (χ4v) is 2.06. The predicted octanol–water partition coefficient (Wildman–Crippen LogP) is 3.46. The molecule has 1 aromatic rings. The highest BCUT2D eigenvalue weighted by Crippen LogP contribution is 2.19. The quantitative estimate of drug-likeness (QED) is 0.683. The fraction of sp³-hybridized carbons (Fsp3) is 0.667. The average molecular weight is 250 g/mol. The average Bonchev–Trinajstić information content (AvgIpc) is 2.42. The topological polar surface area (TPSA) is 48.1 Å². The summed E-state index contributed by atoms with van der Waals surface area (Å²) in [7, 11) is 0. The molecule has 18 heavy (non-hydrogen) atoms. The van der Waals surface area contributed by atoms with Gasteiger partial charge in [-0.2, -0.15) is 0 Å². The minimum Gasteiger partial charge on any atom is -0.369 e. The summed E-state index contributed by atoms with van der Waals surface area (Å²) in [6.07, 6.45) is 10.1. The molecule has 0 radical (unpaired) electrons. The first-order chi connectivity index (χ1) is 8.77. The molecule has 0 aliphatic rings. The van der Waals surface area contributed by atoms with Gasteiger partial charge in [0.05, 0.1) is 12.2 Å². The lowest BCUT2D eigenvalue weighted by molar-refractivity contribution is -0.00377.